The number of aryl methyl sites for hydroxylation is 1. The van der Waals surface area contributed by atoms with Gasteiger partial charge in [0.15, 0.2) is 0 Å². The van der Waals surface area contributed by atoms with Crippen molar-refractivity contribution >= 4 is 0 Å². The zero-order valence-electron chi connectivity index (χ0n) is 10.3. The van der Waals surface area contributed by atoms with E-state index in [1.54, 1.807) is 0 Å². The van der Waals surface area contributed by atoms with Gasteiger partial charge < -0.3 is 5.32 Å². The van der Waals surface area contributed by atoms with Crippen LogP contribution in [0, 0.1) is 5.92 Å². The molecule has 1 atom stereocenters. The molecule has 1 rings (SSSR count). The van der Waals surface area contributed by atoms with E-state index in [4.69, 9.17) is 0 Å². The van der Waals surface area contributed by atoms with Crippen LogP contribution in [0.4, 0.5) is 0 Å². The largest absolute Gasteiger partial charge is 0.310 e. The van der Waals surface area contributed by atoms with Crippen LogP contribution in [-0.4, -0.2) is 16.3 Å². The molecule has 0 aliphatic carbocycles. The summed E-state index contributed by atoms with van der Waals surface area (Å²) in [5.74, 6) is 0.601. The third-order valence-electron chi connectivity index (χ3n) is 2.56. The van der Waals surface area contributed by atoms with Crippen molar-refractivity contribution < 1.29 is 0 Å². The van der Waals surface area contributed by atoms with Crippen molar-refractivity contribution in [1.29, 1.82) is 0 Å². The van der Waals surface area contributed by atoms with E-state index >= 15 is 0 Å². The summed E-state index contributed by atoms with van der Waals surface area (Å²) >= 11 is 0. The molecule has 0 radical (unpaired) electrons. The molecule has 0 aromatic carbocycles. The number of hydrogen-bond acceptors (Lipinski definition) is 2. The lowest BCUT2D eigenvalue weighted by Gasteiger charge is -2.20. The minimum atomic E-state index is 0.431. The predicted molar refractivity (Wildman–Crippen MR) is 63.8 cm³/mol. The SMILES string of the molecule is CCCn1cc(C(NCC)C(C)C)cn1. The summed E-state index contributed by atoms with van der Waals surface area (Å²) in [6.07, 6.45) is 5.29. The minimum absolute atomic E-state index is 0.431. The third kappa shape index (κ3) is 3.34. The lowest BCUT2D eigenvalue weighted by molar-refractivity contribution is 0.421. The zero-order chi connectivity index (χ0) is 11.3. The standard InChI is InChI=1S/C12H23N3/c1-5-7-15-9-11(8-14-15)12(10(3)4)13-6-2/h8-10,12-13H,5-7H2,1-4H3. The van der Waals surface area contributed by atoms with Gasteiger partial charge >= 0.3 is 0 Å². The first-order valence-electron chi connectivity index (χ1n) is 5.94. The molecule has 1 aromatic rings. The molecule has 86 valence electrons. The first-order chi connectivity index (χ1) is 7.19. The van der Waals surface area contributed by atoms with Gasteiger partial charge in [-0.2, -0.15) is 5.10 Å². The van der Waals surface area contributed by atoms with E-state index in [0.717, 1.165) is 19.5 Å². The second-order valence-corrected chi connectivity index (χ2v) is 4.32. The predicted octanol–water partition coefficient (Wildman–Crippen LogP) is 2.60. The fourth-order valence-electron chi connectivity index (χ4n) is 1.85. The van der Waals surface area contributed by atoms with Gasteiger partial charge in [0.05, 0.1) is 6.20 Å². The number of rotatable bonds is 6. The topological polar surface area (TPSA) is 29.9 Å². The van der Waals surface area contributed by atoms with Gasteiger partial charge in [-0.1, -0.05) is 27.7 Å². The molecule has 3 nitrogen and oxygen atoms in total. The van der Waals surface area contributed by atoms with Crippen LogP contribution in [0.25, 0.3) is 0 Å². The molecule has 0 aliphatic rings. The number of nitrogens with one attached hydrogen (secondary N) is 1. The summed E-state index contributed by atoms with van der Waals surface area (Å²) < 4.78 is 2.03. The van der Waals surface area contributed by atoms with Crippen LogP contribution >= 0.6 is 0 Å². The van der Waals surface area contributed by atoms with E-state index in [-0.39, 0.29) is 0 Å². The van der Waals surface area contributed by atoms with Gasteiger partial charge in [0.25, 0.3) is 0 Å². The smallest absolute Gasteiger partial charge is 0.0537 e. The van der Waals surface area contributed by atoms with Crippen molar-refractivity contribution in [1.82, 2.24) is 15.1 Å². The fraction of sp³-hybridized carbons (Fsp3) is 0.750. The molecule has 0 fully saturated rings. The van der Waals surface area contributed by atoms with E-state index < -0.39 is 0 Å². The summed E-state index contributed by atoms with van der Waals surface area (Å²) in [7, 11) is 0. The zero-order valence-corrected chi connectivity index (χ0v) is 10.3. The number of hydrogen-bond donors (Lipinski definition) is 1. The Morgan fingerprint density at radius 3 is 2.67 bits per heavy atom. The Labute approximate surface area is 92.9 Å². The van der Waals surface area contributed by atoms with Crippen molar-refractivity contribution in [3.63, 3.8) is 0 Å². The van der Waals surface area contributed by atoms with E-state index in [1.165, 1.54) is 5.56 Å². The van der Waals surface area contributed by atoms with Gasteiger partial charge in [-0.3, -0.25) is 4.68 Å². The first-order valence-corrected chi connectivity index (χ1v) is 5.94. The molecular formula is C12H23N3. The molecule has 15 heavy (non-hydrogen) atoms. The molecular weight excluding hydrogens is 186 g/mol. The molecule has 0 spiro atoms. The van der Waals surface area contributed by atoms with Crippen LogP contribution in [-0.2, 0) is 6.54 Å². The molecule has 3 heteroatoms. The average Bonchev–Trinajstić information content (AvgIpc) is 2.62. The molecule has 0 aliphatic heterocycles. The fourth-order valence-corrected chi connectivity index (χ4v) is 1.85. The summed E-state index contributed by atoms with van der Waals surface area (Å²) in [6, 6.07) is 0.431. The van der Waals surface area contributed by atoms with E-state index in [2.05, 4.69) is 44.3 Å². The molecule has 0 saturated carbocycles. The van der Waals surface area contributed by atoms with E-state index in [0.29, 0.717) is 12.0 Å². The molecule has 0 saturated heterocycles. The van der Waals surface area contributed by atoms with E-state index in [9.17, 15) is 0 Å². The van der Waals surface area contributed by atoms with Crippen LogP contribution in [0.15, 0.2) is 12.4 Å². The maximum atomic E-state index is 4.37. The highest BCUT2D eigenvalue weighted by Gasteiger charge is 2.15. The van der Waals surface area contributed by atoms with Crippen molar-refractivity contribution in [2.75, 3.05) is 6.54 Å². The third-order valence-corrected chi connectivity index (χ3v) is 2.56. The van der Waals surface area contributed by atoms with Crippen LogP contribution in [0.2, 0.25) is 0 Å². The highest BCUT2D eigenvalue weighted by Crippen LogP contribution is 2.20. The minimum Gasteiger partial charge on any atom is -0.310 e. The Kier molecular flexibility index (Phi) is 4.82. The van der Waals surface area contributed by atoms with Crippen molar-refractivity contribution in [2.45, 2.75) is 46.7 Å². The maximum absolute atomic E-state index is 4.37. The summed E-state index contributed by atoms with van der Waals surface area (Å²) in [5.41, 5.74) is 1.31. The van der Waals surface area contributed by atoms with Gasteiger partial charge in [0, 0.05) is 24.3 Å². The maximum Gasteiger partial charge on any atom is 0.0537 e. The lowest BCUT2D eigenvalue weighted by atomic mass is 9.99. The van der Waals surface area contributed by atoms with Gasteiger partial charge in [-0.15, -0.1) is 0 Å². The van der Waals surface area contributed by atoms with Crippen molar-refractivity contribution in [3.8, 4) is 0 Å². The van der Waals surface area contributed by atoms with Gasteiger partial charge in [-0.25, -0.2) is 0 Å². The first kappa shape index (κ1) is 12.2. The van der Waals surface area contributed by atoms with Crippen LogP contribution in [0.1, 0.15) is 45.7 Å². The second kappa shape index (κ2) is 5.91. The quantitative estimate of drug-likeness (QED) is 0.780. The van der Waals surface area contributed by atoms with E-state index in [1.807, 2.05) is 10.9 Å². The average molecular weight is 209 g/mol. The normalized spacial score (nSPS) is 13.4. The Morgan fingerprint density at radius 2 is 2.13 bits per heavy atom. The van der Waals surface area contributed by atoms with Crippen molar-refractivity contribution in [2.24, 2.45) is 5.92 Å². The van der Waals surface area contributed by atoms with Crippen LogP contribution in [0.5, 0.6) is 0 Å². The Bertz CT molecular complexity index is 278. The molecule has 0 amide bonds. The second-order valence-electron chi connectivity index (χ2n) is 4.32. The lowest BCUT2D eigenvalue weighted by Crippen LogP contribution is -2.25. The summed E-state index contributed by atoms with van der Waals surface area (Å²) in [5, 5.41) is 7.87. The Balaban J connectivity index is 2.72. The summed E-state index contributed by atoms with van der Waals surface area (Å²) in [6.45, 7) is 10.8. The molecule has 1 N–H and O–H groups in total. The number of nitrogens with zero attached hydrogens (tertiary/aromatic N) is 2. The molecule has 1 unspecified atom stereocenters. The summed E-state index contributed by atoms with van der Waals surface area (Å²) in [4.78, 5) is 0. The van der Waals surface area contributed by atoms with Gasteiger partial charge in [0.1, 0.15) is 0 Å². The Hall–Kier alpha value is -0.830. The van der Waals surface area contributed by atoms with Gasteiger partial charge in [0.2, 0.25) is 0 Å². The van der Waals surface area contributed by atoms with Crippen LogP contribution < -0.4 is 5.32 Å². The highest BCUT2D eigenvalue weighted by molar-refractivity contribution is 5.11. The number of aromatic nitrogens is 2. The Morgan fingerprint density at radius 1 is 1.40 bits per heavy atom. The van der Waals surface area contributed by atoms with Crippen molar-refractivity contribution in [3.05, 3.63) is 18.0 Å². The van der Waals surface area contributed by atoms with Crippen LogP contribution in [0.3, 0.4) is 0 Å². The molecule has 0 bridgehead atoms. The van der Waals surface area contributed by atoms with Gasteiger partial charge in [-0.05, 0) is 18.9 Å². The molecule has 1 heterocycles. The highest BCUT2D eigenvalue weighted by atomic mass is 15.3. The molecule has 1 aromatic heterocycles. The monoisotopic (exact) mass is 209 g/mol.